The molecular weight excluding hydrogens is 611 g/mol. The third kappa shape index (κ3) is 14.8. The number of ether oxygens (including phenoxy) is 2. The molecule has 1 aliphatic carbocycles. The van der Waals surface area contributed by atoms with Crippen molar-refractivity contribution in [1.29, 1.82) is 0 Å². The molecule has 3 aromatic heterocycles. The quantitative estimate of drug-likeness (QED) is 0.186. The summed E-state index contributed by atoms with van der Waals surface area (Å²) in [4.78, 5) is 30.8. The second-order valence-electron chi connectivity index (χ2n) is 13.3. The van der Waals surface area contributed by atoms with Crippen LogP contribution in [0.2, 0.25) is 0 Å². The fraction of sp³-hybridized carbons (Fsp3) is 0.622. The zero-order valence-electron chi connectivity index (χ0n) is 30.1. The Morgan fingerprint density at radius 3 is 2.28 bits per heavy atom. The van der Waals surface area contributed by atoms with Crippen molar-refractivity contribution in [1.82, 2.24) is 14.5 Å². The Labute approximate surface area is 287 Å². The van der Waals surface area contributed by atoms with Gasteiger partial charge in [0.15, 0.2) is 11.4 Å². The molecule has 0 bridgehead atoms. The maximum atomic E-state index is 11.7. The van der Waals surface area contributed by atoms with Crippen LogP contribution in [0.3, 0.4) is 0 Å². The molecule has 262 valence electrons. The van der Waals surface area contributed by atoms with Gasteiger partial charge in [-0.25, -0.2) is 4.98 Å². The van der Waals surface area contributed by atoms with Crippen LogP contribution in [0, 0.1) is 18.8 Å². The van der Waals surface area contributed by atoms with Gasteiger partial charge in [-0.15, -0.1) is 11.3 Å². The van der Waals surface area contributed by atoms with E-state index in [0.717, 1.165) is 60.4 Å². The zero-order chi connectivity index (χ0) is 35.0. The van der Waals surface area contributed by atoms with Crippen molar-refractivity contribution in [2.24, 2.45) is 17.6 Å². The number of anilines is 1. The molecule has 1 saturated heterocycles. The Morgan fingerprint density at radius 2 is 1.79 bits per heavy atom. The highest BCUT2D eigenvalue weighted by Crippen LogP contribution is 2.27. The van der Waals surface area contributed by atoms with Gasteiger partial charge in [-0.3, -0.25) is 14.6 Å². The molecule has 0 spiro atoms. The predicted octanol–water partition coefficient (Wildman–Crippen LogP) is 8.28. The maximum Gasteiger partial charge on any atom is 0.243 e. The Kier molecular flexibility index (Phi) is 17.5. The molecule has 10 heteroatoms. The van der Waals surface area contributed by atoms with Crippen molar-refractivity contribution in [3.63, 3.8) is 0 Å². The van der Waals surface area contributed by atoms with Crippen LogP contribution in [-0.2, 0) is 19.8 Å². The SMILES string of the molecule is CC1(n2ccc(C=O)c2)COC1.CC1CC1.CCC(C)CC(C)OC(C)CC.CCC(N)C(=O)Nc1nc(-c2cccc(C)n2)cs1. The molecule has 5 rings (SSSR count). The molecule has 9 nitrogen and oxygen atoms in total. The molecule has 3 aromatic rings. The van der Waals surface area contributed by atoms with E-state index in [2.05, 4.69) is 63.8 Å². The highest BCUT2D eigenvalue weighted by atomic mass is 32.1. The monoisotopic (exact) mass is 669 g/mol. The van der Waals surface area contributed by atoms with E-state index in [1.54, 1.807) is 0 Å². The van der Waals surface area contributed by atoms with Crippen LogP contribution in [-0.4, -0.2) is 58.2 Å². The predicted molar refractivity (Wildman–Crippen MR) is 194 cm³/mol. The largest absolute Gasteiger partial charge is 0.376 e. The van der Waals surface area contributed by atoms with Crippen LogP contribution in [0.15, 0.2) is 42.0 Å². The minimum absolute atomic E-state index is 0.0707. The van der Waals surface area contributed by atoms with Gasteiger partial charge in [0.1, 0.15) is 5.69 Å². The minimum Gasteiger partial charge on any atom is -0.376 e. The molecule has 2 fully saturated rings. The van der Waals surface area contributed by atoms with Crippen LogP contribution in [0.4, 0.5) is 5.13 Å². The average molecular weight is 670 g/mol. The number of hydrogen-bond acceptors (Lipinski definition) is 8. The van der Waals surface area contributed by atoms with E-state index in [9.17, 15) is 9.59 Å². The lowest BCUT2D eigenvalue weighted by Crippen LogP contribution is -2.48. The van der Waals surface area contributed by atoms with Crippen LogP contribution >= 0.6 is 11.3 Å². The Bertz CT molecular complexity index is 1320. The summed E-state index contributed by atoms with van der Waals surface area (Å²) >= 11 is 1.37. The molecule has 1 amide bonds. The van der Waals surface area contributed by atoms with E-state index in [1.165, 1.54) is 37.0 Å². The Balaban J connectivity index is 0.000000239. The minimum atomic E-state index is -0.496. The van der Waals surface area contributed by atoms with Crippen molar-refractivity contribution in [3.8, 4) is 11.4 Å². The lowest BCUT2D eigenvalue weighted by Gasteiger charge is -2.39. The van der Waals surface area contributed by atoms with E-state index >= 15 is 0 Å². The molecule has 3 N–H and O–H groups in total. The molecule has 4 unspecified atom stereocenters. The number of thiazole rings is 1. The van der Waals surface area contributed by atoms with Crippen molar-refractivity contribution in [2.45, 2.75) is 125 Å². The third-order valence-electron chi connectivity index (χ3n) is 8.30. The summed E-state index contributed by atoms with van der Waals surface area (Å²) < 4.78 is 12.9. The van der Waals surface area contributed by atoms with E-state index < -0.39 is 6.04 Å². The molecule has 0 radical (unpaired) electrons. The number of carbonyl (C=O) groups is 2. The number of nitrogens with one attached hydrogen (secondary N) is 1. The van der Waals surface area contributed by atoms with Crippen LogP contribution in [0.1, 0.15) is 110 Å². The molecule has 47 heavy (non-hydrogen) atoms. The Hall–Kier alpha value is -2.92. The molecular formula is C37H59N5O4S. The van der Waals surface area contributed by atoms with Gasteiger partial charge >= 0.3 is 0 Å². The summed E-state index contributed by atoms with van der Waals surface area (Å²) in [6, 6.07) is 7.08. The first kappa shape index (κ1) is 40.3. The topological polar surface area (TPSA) is 121 Å². The molecule has 1 aliphatic heterocycles. The number of aromatic nitrogens is 3. The highest BCUT2D eigenvalue weighted by molar-refractivity contribution is 7.14. The molecule has 2 aliphatic rings. The van der Waals surface area contributed by atoms with Crippen molar-refractivity contribution >= 4 is 28.7 Å². The van der Waals surface area contributed by atoms with Crippen molar-refractivity contribution in [3.05, 3.63) is 53.3 Å². The highest BCUT2D eigenvalue weighted by Gasteiger charge is 2.34. The molecule has 0 aromatic carbocycles. The summed E-state index contributed by atoms with van der Waals surface area (Å²) in [7, 11) is 0. The summed E-state index contributed by atoms with van der Waals surface area (Å²) in [6.07, 6.45) is 12.6. The molecule has 4 heterocycles. The van der Waals surface area contributed by atoms with E-state index in [-0.39, 0.29) is 11.4 Å². The van der Waals surface area contributed by atoms with Crippen LogP contribution in [0.25, 0.3) is 11.4 Å². The number of amides is 1. The summed E-state index contributed by atoms with van der Waals surface area (Å²) in [5, 5.41) is 5.13. The second-order valence-corrected chi connectivity index (χ2v) is 14.1. The van der Waals surface area contributed by atoms with Crippen LogP contribution < -0.4 is 11.1 Å². The smallest absolute Gasteiger partial charge is 0.243 e. The third-order valence-corrected chi connectivity index (χ3v) is 9.06. The van der Waals surface area contributed by atoms with Crippen molar-refractivity contribution in [2.75, 3.05) is 18.5 Å². The van der Waals surface area contributed by atoms with Gasteiger partial charge < -0.3 is 25.1 Å². The number of nitrogens with two attached hydrogens (primary N) is 1. The van der Waals surface area contributed by atoms with Crippen LogP contribution in [0.5, 0.6) is 0 Å². The Morgan fingerprint density at radius 1 is 1.11 bits per heavy atom. The van der Waals surface area contributed by atoms with Crippen molar-refractivity contribution < 1.29 is 19.1 Å². The number of pyridine rings is 1. The number of hydrogen-bond donors (Lipinski definition) is 2. The fourth-order valence-electron chi connectivity index (χ4n) is 4.33. The molecule has 1 saturated carbocycles. The van der Waals surface area contributed by atoms with Gasteiger partial charge in [0.25, 0.3) is 0 Å². The first-order valence-corrected chi connectivity index (χ1v) is 18.0. The standard InChI is InChI=1S/C13H16N4OS.C11H24O.C9H11NO2.C4H8/c1-3-9(14)12(18)17-13-16-11(7-19-13)10-6-4-5-8(2)15-10;1-6-9(3)8-11(5)12-10(4)7-2;1-9(6-12-7-9)10-3-2-8(4-10)5-11;1-4-2-3-4/h4-7,9H,3,14H2,1-2H3,(H,16,17,18);9-11H,6-8H2,1-5H3;2-5H,6-7H2,1H3;4H,2-3H2,1H3. The first-order valence-electron chi connectivity index (χ1n) is 17.2. The van der Waals surface area contributed by atoms with Gasteiger partial charge in [-0.2, -0.15) is 0 Å². The maximum absolute atomic E-state index is 11.7. The number of carbonyl (C=O) groups excluding carboxylic acids is 2. The summed E-state index contributed by atoms with van der Waals surface area (Å²) in [6.45, 7) is 20.7. The van der Waals surface area contributed by atoms with Gasteiger partial charge in [0.05, 0.1) is 42.7 Å². The number of aldehydes is 1. The first-order chi connectivity index (χ1) is 22.3. The van der Waals surface area contributed by atoms with Gasteiger partial charge in [-0.05, 0) is 77.0 Å². The number of aryl methyl sites for hydroxylation is 1. The van der Waals surface area contributed by atoms with E-state index in [0.29, 0.717) is 23.8 Å². The van der Waals surface area contributed by atoms with Gasteiger partial charge in [0.2, 0.25) is 5.91 Å². The average Bonchev–Trinajstić information content (AvgIpc) is 3.46. The zero-order valence-corrected chi connectivity index (χ0v) is 30.9. The van der Waals surface area contributed by atoms with E-state index in [4.69, 9.17) is 15.2 Å². The molecule has 4 atom stereocenters. The van der Waals surface area contributed by atoms with Gasteiger partial charge in [0, 0.05) is 29.0 Å². The number of nitrogens with zero attached hydrogens (tertiary/aromatic N) is 3. The lowest BCUT2D eigenvalue weighted by molar-refractivity contribution is -0.117. The summed E-state index contributed by atoms with van der Waals surface area (Å²) in [5.74, 6) is 1.67. The second kappa shape index (κ2) is 20.4. The fourth-order valence-corrected chi connectivity index (χ4v) is 5.04. The normalized spacial score (nSPS) is 17.1. The summed E-state index contributed by atoms with van der Waals surface area (Å²) in [5.41, 5.74) is 8.95. The lowest BCUT2D eigenvalue weighted by atomic mass is 10.0. The van der Waals surface area contributed by atoms with E-state index in [1.807, 2.05) is 60.5 Å². The van der Waals surface area contributed by atoms with Gasteiger partial charge in [-0.1, -0.05) is 59.9 Å². The number of rotatable bonds is 12.